The first-order chi connectivity index (χ1) is 6.61. The number of halogens is 1. The molecule has 0 spiro atoms. The molecule has 0 saturated carbocycles. The third kappa shape index (κ3) is 1.17. The number of hydrogen-bond acceptors (Lipinski definition) is 3. The number of rotatable bonds is 1. The Bertz CT molecular complexity index is 426. The van der Waals surface area contributed by atoms with Gasteiger partial charge in [-0.15, -0.1) is 0 Å². The molecule has 0 atom stereocenters. The van der Waals surface area contributed by atoms with Gasteiger partial charge >= 0.3 is 0 Å². The van der Waals surface area contributed by atoms with E-state index in [0.717, 1.165) is 17.0 Å². The molecule has 14 heavy (non-hydrogen) atoms. The average molecular weight is 212 g/mol. The maximum absolute atomic E-state index is 5.76. The van der Waals surface area contributed by atoms with Crippen LogP contribution in [0.5, 0.6) is 0 Å². The smallest absolute Gasteiger partial charge is 0.148 e. The van der Waals surface area contributed by atoms with E-state index in [1.54, 1.807) is 0 Å². The van der Waals surface area contributed by atoms with Gasteiger partial charge < -0.3 is 5.73 Å². The van der Waals surface area contributed by atoms with Crippen molar-refractivity contribution in [3.8, 4) is 11.4 Å². The Morgan fingerprint density at radius 3 is 2.21 bits per heavy atom. The monoisotopic (exact) mass is 211 g/mol. The number of nitrogens with two attached hydrogens (primary N) is 1. The van der Waals surface area contributed by atoms with Gasteiger partial charge in [0.25, 0.3) is 0 Å². The molecule has 0 aliphatic carbocycles. The highest BCUT2D eigenvalue weighted by Crippen LogP contribution is 2.30. The normalized spacial score (nSPS) is 10.8. The van der Waals surface area contributed by atoms with Gasteiger partial charge in [0.15, 0.2) is 0 Å². The summed E-state index contributed by atoms with van der Waals surface area (Å²) in [5.41, 5.74) is 9.52. The Morgan fingerprint density at radius 1 is 1.14 bits per heavy atom. The van der Waals surface area contributed by atoms with Crippen LogP contribution < -0.4 is 5.73 Å². The first-order valence-corrected chi connectivity index (χ1v) is 4.50. The molecule has 2 aromatic heterocycles. The summed E-state index contributed by atoms with van der Waals surface area (Å²) in [6.45, 7) is 3.90. The summed E-state index contributed by atoms with van der Waals surface area (Å²) in [7, 11) is 0. The fourth-order valence-electron chi connectivity index (χ4n) is 1.23. The van der Waals surface area contributed by atoms with Crippen molar-refractivity contribution in [2.75, 3.05) is 5.73 Å². The number of anilines is 1. The molecule has 5 nitrogen and oxygen atoms in total. The average Bonchev–Trinajstić information content (AvgIpc) is 2.63. The third-order valence-electron chi connectivity index (χ3n) is 2.23. The molecule has 0 amide bonds. The van der Waals surface area contributed by atoms with Gasteiger partial charge in [0.05, 0.1) is 5.69 Å². The van der Waals surface area contributed by atoms with Crippen molar-refractivity contribution < 1.29 is 0 Å². The molecule has 0 aromatic carbocycles. The van der Waals surface area contributed by atoms with Gasteiger partial charge in [-0.1, -0.05) is 11.6 Å². The molecule has 0 fully saturated rings. The molecular weight excluding hydrogens is 202 g/mol. The molecule has 0 aliphatic heterocycles. The lowest BCUT2D eigenvalue weighted by atomic mass is 10.1. The van der Waals surface area contributed by atoms with Gasteiger partial charge in [-0.2, -0.15) is 10.2 Å². The highest BCUT2D eigenvalue weighted by Gasteiger charge is 2.16. The quantitative estimate of drug-likeness (QED) is 0.671. The van der Waals surface area contributed by atoms with Crippen molar-refractivity contribution in [3.63, 3.8) is 0 Å². The number of nitrogens with one attached hydrogen (secondary N) is 2. The number of aryl methyl sites for hydroxylation is 1. The fraction of sp³-hybridized carbons (Fsp3) is 0.250. The molecule has 0 radical (unpaired) electrons. The first kappa shape index (κ1) is 9.08. The molecule has 2 rings (SSSR count). The Balaban J connectivity index is 2.60. The van der Waals surface area contributed by atoms with Gasteiger partial charge in [-0.3, -0.25) is 10.2 Å². The predicted octanol–water partition coefficient (Wildman–Crippen LogP) is 1.65. The molecule has 6 heteroatoms. The van der Waals surface area contributed by atoms with Crippen molar-refractivity contribution in [2.45, 2.75) is 13.8 Å². The van der Waals surface area contributed by atoms with Crippen molar-refractivity contribution in [1.82, 2.24) is 20.4 Å². The van der Waals surface area contributed by atoms with Crippen molar-refractivity contribution in [3.05, 3.63) is 16.4 Å². The van der Waals surface area contributed by atoms with Crippen LogP contribution in [0.15, 0.2) is 0 Å². The number of nitrogens with zero attached hydrogens (tertiary/aromatic N) is 2. The van der Waals surface area contributed by atoms with E-state index >= 15 is 0 Å². The second-order valence-corrected chi connectivity index (χ2v) is 3.50. The zero-order valence-corrected chi connectivity index (χ0v) is 8.61. The molecular formula is C8H10ClN5. The van der Waals surface area contributed by atoms with Crippen LogP contribution in [-0.2, 0) is 0 Å². The number of nitrogen functional groups attached to an aromatic ring is 1. The SMILES string of the molecule is Cc1[nH]nc(-c2n[nH]c(Cl)c2N)c1C. The number of H-pyrrole nitrogens is 2. The van der Waals surface area contributed by atoms with E-state index in [1.165, 1.54) is 0 Å². The van der Waals surface area contributed by atoms with Crippen LogP contribution in [-0.4, -0.2) is 20.4 Å². The second kappa shape index (κ2) is 3.02. The van der Waals surface area contributed by atoms with Gasteiger partial charge in [0.1, 0.15) is 16.5 Å². The lowest BCUT2D eigenvalue weighted by Crippen LogP contribution is -1.89. The van der Waals surface area contributed by atoms with Crippen LogP contribution >= 0.6 is 11.6 Å². The van der Waals surface area contributed by atoms with Crippen molar-refractivity contribution >= 4 is 17.3 Å². The predicted molar refractivity (Wildman–Crippen MR) is 55.1 cm³/mol. The zero-order chi connectivity index (χ0) is 10.3. The highest BCUT2D eigenvalue weighted by molar-refractivity contribution is 6.32. The molecule has 0 unspecified atom stereocenters. The Labute approximate surface area is 85.7 Å². The Hall–Kier alpha value is -1.49. The number of hydrogen-bond donors (Lipinski definition) is 3. The molecule has 4 N–H and O–H groups in total. The molecule has 2 aromatic rings. The van der Waals surface area contributed by atoms with Gasteiger partial charge in [-0.05, 0) is 19.4 Å². The lowest BCUT2D eigenvalue weighted by molar-refractivity contribution is 1.03. The molecule has 0 bridgehead atoms. The standard InChI is InChI=1S/C8H10ClN5/c1-3-4(2)11-12-6(3)7-5(10)8(9)14-13-7/h10H2,1-2H3,(H,11,12)(H,13,14). The summed E-state index contributed by atoms with van der Waals surface area (Å²) in [6, 6.07) is 0. The third-order valence-corrected chi connectivity index (χ3v) is 2.52. The van der Waals surface area contributed by atoms with Gasteiger partial charge in [0.2, 0.25) is 0 Å². The van der Waals surface area contributed by atoms with E-state index in [0.29, 0.717) is 16.5 Å². The van der Waals surface area contributed by atoms with Crippen molar-refractivity contribution in [2.24, 2.45) is 0 Å². The van der Waals surface area contributed by atoms with Gasteiger partial charge in [-0.25, -0.2) is 0 Å². The van der Waals surface area contributed by atoms with Gasteiger partial charge in [0, 0.05) is 5.69 Å². The molecule has 74 valence electrons. The Morgan fingerprint density at radius 2 is 1.79 bits per heavy atom. The summed E-state index contributed by atoms with van der Waals surface area (Å²) in [4.78, 5) is 0. The minimum absolute atomic E-state index is 0.347. The summed E-state index contributed by atoms with van der Waals surface area (Å²) in [5, 5.41) is 13.9. The second-order valence-electron chi connectivity index (χ2n) is 3.12. The minimum atomic E-state index is 0.347. The lowest BCUT2D eigenvalue weighted by Gasteiger charge is -1.94. The van der Waals surface area contributed by atoms with E-state index < -0.39 is 0 Å². The van der Waals surface area contributed by atoms with Crippen LogP contribution in [0.1, 0.15) is 11.3 Å². The van der Waals surface area contributed by atoms with E-state index in [9.17, 15) is 0 Å². The van der Waals surface area contributed by atoms with E-state index in [1.807, 2.05) is 13.8 Å². The van der Waals surface area contributed by atoms with Crippen LogP contribution in [0.2, 0.25) is 5.15 Å². The largest absolute Gasteiger partial charge is 0.394 e. The highest BCUT2D eigenvalue weighted by atomic mass is 35.5. The summed E-state index contributed by atoms with van der Waals surface area (Å²) < 4.78 is 0. The minimum Gasteiger partial charge on any atom is -0.394 e. The maximum atomic E-state index is 5.76. The van der Waals surface area contributed by atoms with E-state index in [2.05, 4.69) is 20.4 Å². The molecule has 0 saturated heterocycles. The van der Waals surface area contributed by atoms with E-state index in [4.69, 9.17) is 17.3 Å². The fourth-order valence-corrected chi connectivity index (χ4v) is 1.36. The molecule has 2 heterocycles. The first-order valence-electron chi connectivity index (χ1n) is 4.12. The van der Waals surface area contributed by atoms with Crippen molar-refractivity contribution in [1.29, 1.82) is 0 Å². The van der Waals surface area contributed by atoms with Crippen LogP contribution in [0.25, 0.3) is 11.4 Å². The molecule has 0 aliphatic rings. The van der Waals surface area contributed by atoms with Crippen LogP contribution in [0.4, 0.5) is 5.69 Å². The summed E-state index contributed by atoms with van der Waals surface area (Å²) in [6.07, 6.45) is 0. The number of aromatic nitrogens is 4. The summed E-state index contributed by atoms with van der Waals surface area (Å²) >= 11 is 5.76. The summed E-state index contributed by atoms with van der Waals surface area (Å²) in [5.74, 6) is 0. The van der Waals surface area contributed by atoms with E-state index in [-0.39, 0.29) is 0 Å². The van der Waals surface area contributed by atoms with Crippen LogP contribution in [0, 0.1) is 13.8 Å². The Kier molecular flexibility index (Phi) is 1.96. The maximum Gasteiger partial charge on any atom is 0.148 e. The topological polar surface area (TPSA) is 83.4 Å². The van der Waals surface area contributed by atoms with Crippen LogP contribution in [0.3, 0.4) is 0 Å². The zero-order valence-electron chi connectivity index (χ0n) is 7.85. The number of aromatic amines is 2.